The summed E-state index contributed by atoms with van der Waals surface area (Å²) in [4.78, 5) is 0. The zero-order chi connectivity index (χ0) is 9.26. The molecule has 0 radical (unpaired) electrons. The molecule has 1 N–H and O–H groups in total. The lowest BCUT2D eigenvalue weighted by Crippen LogP contribution is -2.13. The Morgan fingerprint density at radius 1 is 1.23 bits per heavy atom. The number of rotatable bonds is 1. The van der Waals surface area contributed by atoms with Crippen LogP contribution in [0.3, 0.4) is 0 Å². The molecule has 1 aliphatic rings. The molecule has 0 bridgehead atoms. The van der Waals surface area contributed by atoms with Crippen molar-refractivity contribution in [2.24, 2.45) is 0 Å². The lowest BCUT2D eigenvalue weighted by Gasteiger charge is -2.09. The second-order valence-corrected chi connectivity index (χ2v) is 3.35. The SMILES string of the molecule is Fc1ccc(C2CC(F)CN2)cc1. The molecule has 2 rings (SSSR count). The summed E-state index contributed by atoms with van der Waals surface area (Å²) in [7, 11) is 0. The molecular weight excluding hydrogens is 172 g/mol. The Morgan fingerprint density at radius 2 is 1.92 bits per heavy atom. The molecule has 1 aromatic carbocycles. The van der Waals surface area contributed by atoms with E-state index in [4.69, 9.17) is 0 Å². The van der Waals surface area contributed by atoms with Gasteiger partial charge in [-0.2, -0.15) is 0 Å². The quantitative estimate of drug-likeness (QED) is 0.703. The number of hydrogen-bond acceptors (Lipinski definition) is 1. The molecule has 0 spiro atoms. The highest BCUT2D eigenvalue weighted by Crippen LogP contribution is 2.24. The van der Waals surface area contributed by atoms with Gasteiger partial charge in [0.1, 0.15) is 12.0 Å². The van der Waals surface area contributed by atoms with Gasteiger partial charge in [-0.05, 0) is 24.1 Å². The van der Waals surface area contributed by atoms with Crippen LogP contribution in [0.5, 0.6) is 0 Å². The molecule has 1 saturated heterocycles. The summed E-state index contributed by atoms with van der Waals surface area (Å²) in [5.41, 5.74) is 0.960. The van der Waals surface area contributed by atoms with Gasteiger partial charge in [0.2, 0.25) is 0 Å². The summed E-state index contributed by atoms with van der Waals surface area (Å²) in [5, 5.41) is 3.04. The fraction of sp³-hybridized carbons (Fsp3) is 0.400. The summed E-state index contributed by atoms with van der Waals surface area (Å²) in [6, 6.07) is 6.26. The fourth-order valence-corrected chi connectivity index (χ4v) is 1.64. The third-order valence-corrected chi connectivity index (χ3v) is 2.35. The predicted molar refractivity (Wildman–Crippen MR) is 46.7 cm³/mol. The van der Waals surface area contributed by atoms with Gasteiger partial charge in [0.05, 0.1) is 0 Å². The van der Waals surface area contributed by atoms with Crippen molar-refractivity contribution in [1.29, 1.82) is 0 Å². The third-order valence-electron chi connectivity index (χ3n) is 2.35. The summed E-state index contributed by atoms with van der Waals surface area (Å²) >= 11 is 0. The average Bonchev–Trinajstić information content (AvgIpc) is 2.53. The van der Waals surface area contributed by atoms with E-state index in [1.54, 1.807) is 12.1 Å². The lowest BCUT2D eigenvalue weighted by molar-refractivity contribution is 0.356. The molecule has 3 heteroatoms. The Bertz CT molecular complexity index is 283. The molecule has 1 fully saturated rings. The fourth-order valence-electron chi connectivity index (χ4n) is 1.64. The van der Waals surface area contributed by atoms with Crippen molar-refractivity contribution >= 4 is 0 Å². The Kier molecular flexibility index (Phi) is 2.27. The van der Waals surface area contributed by atoms with Gasteiger partial charge in [-0.3, -0.25) is 0 Å². The van der Waals surface area contributed by atoms with E-state index in [0.717, 1.165) is 5.56 Å². The van der Waals surface area contributed by atoms with Crippen LogP contribution >= 0.6 is 0 Å². The first-order valence-electron chi connectivity index (χ1n) is 4.38. The molecule has 0 aliphatic carbocycles. The van der Waals surface area contributed by atoms with E-state index >= 15 is 0 Å². The molecule has 0 aromatic heterocycles. The van der Waals surface area contributed by atoms with Gasteiger partial charge < -0.3 is 5.32 Å². The average molecular weight is 183 g/mol. The number of halogens is 2. The van der Waals surface area contributed by atoms with Crippen LogP contribution in [-0.4, -0.2) is 12.7 Å². The van der Waals surface area contributed by atoms with E-state index in [-0.39, 0.29) is 11.9 Å². The van der Waals surface area contributed by atoms with Gasteiger partial charge in [-0.1, -0.05) is 12.1 Å². The number of nitrogens with one attached hydrogen (secondary N) is 1. The Labute approximate surface area is 75.8 Å². The molecule has 2 atom stereocenters. The molecule has 13 heavy (non-hydrogen) atoms. The van der Waals surface area contributed by atoms with E-state index in [0.29, 0.717) is 13.0 Å². The van der Waals surface area contributed by atoms with Crippen LogP contribution in [0.4, 0.5) is 8.78 Å². The topological polar surface area (TPSA) is 12.0 Å². The smallest absolute Gasteiger partial charge is 0.123 e. The largest absolute Gasteiger partial charge is 0.307 e. The lowest BCUT2D eigenvalue weighted by atomic mass is 10.1. The van der Waals surface area contributed by atoms with Crippen LogP contribution in [0.15, 0.2) is 24.3 Å². The van der Waals surface area contributed by atoms with Gasteiger partial charge in [0.25, 0.3) is 0 Å². The normalized spacial score (nSPS) is 27.8. The third kappa shape index (κ3) is 1.86. The molecule has 2 unspecified atom stereocenters. The minimum atomic E-state index is -0.768. The molecule has 0 amide bonds. The highest BCUT2D eigenvalue weighted by Gasteiger charge is 2.24. The van der Waals surface area contributed by atoms with Crippen LogP contribution in [0.25, 0.3) is 0 Å². The number of alkyl halides is 1. The van der Waals surface area contributed by atoms with E-state index in [2.05, 4.69) is 5.32 Å². The van der Waals surface area contributed by atoms with Crippen molar-refractivity contribution in [1.82, 2.24) is 5.32 Å². The maximum atomic E-state index is 12.8. The van der Waals surface area contributed by atoms with Crippen LogP contribution in [0, 0.1) is 5.82 Å². The van der Waals surface area contributed by atoms with E-state index in [1.807, 2.05) is 0 Å². The summed E-state index contributed by atoms with van der Waals surface area (Å²) in [6.45, 7) is 0.405. The zero-order valence-electron chi connectivity index (χ0n) is 7.13. The first kappa shape index (κ1) is 8.63. The standard InChI is InChI=1S/C10H11F2N/c11-8-3-1-7(2-4-8)10-5-9(12)6-13-10/h1-4,9-10,13H,5-6H2. The first-order chi connectivity index (χ1) is 6.25. The zero-order valence-corrected chi connectivity index (χ0v) is 7.13. The molecule has 70 valence electrons. The first-order valence-corrected chi connectivity index (χ1v) is 4.38. The highest BCUT2D eigenvalue weighted by molar-refractivity contribution is 5.21. The van der Waals surface area contributed by atoms with E-state index < -0.39 is 6.17 Å². The van der Waals surface area contributed by atoms with E-state index in [1.165, 1.54) is 12.1 Å². The number of hydrogen-bond donors (Lipinski definition) is 1. The maximum absolute atomic E-state index is 12.8. The molecule has 1 aliphatic heterocycles. The highest BCUT2D eigenvalue weighted by atomic mass is 19.1. The van der Waals surface area contributed by atoms with Crippen LogP contribution < -0.4 is 5.32 Å². The molecule has 1 heterocycles. The molecular formula is C10H11F2N. The van der Waals surface area contributed by atoms with Crippen molar-refractivity contribution < 1.29 is 8.78 Å². The van der Waals surface area contributed by atoms with Gasteiger partial charge in [0, 0.05) is 12.6 Å². The predicted octanol–water partition coefficient (Wildman–Crippen LogP) is 2.20. The summed E-state index contributed by atoms with van der Waals surface area (Å²) in [5.74, 6) is -0.251. The van der Waals surface area contributed by atoms with Crippen molar-refractivity contribution in [2.75, 3.05) is 6.54 Å². The Hall–Kier alpha value is -0.960. The van der Waals surface area contributed by atoms with Gasteiger partial charge >= 0.3 is 0 Å². The van der Waals surface area contributed by atoms with Gasteiger partial charge in [0.15, 0.2) is 0 Å². The van der Waals surface area contributed by atoms with Crippen molar-refractivity contribution in [3.63, 3.8) is 0 Å². The van der Waals surface area contributed by atoms with Crippen LogP contribution in [-0.2, 0) is 0 Å². The molecule has 1 nitrogen and oxygen atoms in total. The molecule has 0 saturated carbocycles. The second kappa shape index (κ2) is 3.42. The molecule has 1 aromatic rings. The summed E-state index contributed by atoms with van der Waals surface area (Å²) < 4.78 is 25.4. The van der Waals surface area contributed by atoms with Crippen molar-refractivity contribution in [3.8, 4) is 0 Å². The number of benzene rings is 1. The van der Waals surface area contributed by atoms with Crippen molar-refractivity contribution in [2.45, 2.75) is 18.6 Å². The maximum Gasteiger partial charge on any atom is 0.123 e. The summed E-state index contributed by atoms with van der Waals surface area (Å²) in [6.07, 6.45) is -0.277. The minimum Gasteiger partial charge on any atom is -0.307 e. The van der Waals surface area contributed by atoms with Gasteiger partial charge in [-0.25, -0.2) is 8.78 Å². The van der Waals surface area contributed by atoms with Crippen molar-refractivity contribution in [3.05, 3.63) is 35.6 Å². The monoisotopic (exact) mass is 183 g/mol. The minimum absolute atomic E-state index is 0.0515. The second-order valence-electron chi connectivity index (χ2n) is 3.35. The Balaban J connectivity index is 2.13. The Morgan fingerprint density at radius 3 is 2.46 bits per heavy atom. The van der Waals surface area contributed by atoms with E-state index in [9.17, 15) is 8.78 Å². The van der Waals surface area contributed by atoms with Gasteiger partial charge in [-0.15, -0.1) is 0 Å². The van der Waals surface area contributed by atoms with Crippen LogP contribution in [0.1, 0.15) is 18.0 Å². The van der Waals surface area contributed by atoms with Crippen LogP contribution in [0.2, 0.25) is 0 Å².